The van der Waals surface area contributed by atoms with E-state index in [1.54, 1.807) is 11.3 Å². The summed E-state index contributed by atoms with van der Waals surface area (Å²) in [6, 6.07) is 8.25. The summed E-state index contributed by atoms with van der Waals surface area (Å²) in [4.78, 5) is 19.5. The van der Waals surface area contributed by atoms with Crippen LogP contribution in [0.15, 0.2) is 42.2 Å². The van der Waals surface area contributed by atoms with Crippen LogP contribution in [0.4, 0.5) is 10.6 Å². The molecule has 3 fully saturated rings. The lowest BCUT2D eigenvalue weighted by Gasteiger charge is -2.48. The zero-order chi connectivity index (χ0) is 29.6. The maximum absolute atomic E-state index is 12.9. The second kappa shape index (κ2) is 11.5. The van der Waals surface area contributed by atoms with E-state index in [4.69, 9.17) is 19.2 Å². The molecule has 43 heavy (non-hydrogen) atoms. The summed E-state index contributed by atoms with van der Waals surface area (Å²) < 4.78 is 20.4. The first kappa shape index (κ1) is 28.2. The molecule has 0 aliphatic carbocycles. The first-order valence-corrected chi connectivity index (χ1v) is 15.9. The summed E-state index contributed by atoms with van der Waals surface area (Å²) in [6.45, 7) is 7.48. The van der Waals surface area contributed by atoms with Gasteiger partial charge in [-0.1, -0.05) is 12.1 Å². The van der Waals surface area contributed by atoms with Crippen molar-refractivity contribution >= 4 is 33.5 Å². The molecule has 3 aliphatic heterocycles. The number of fused-ring (bicyclic) bond motifs is 3. The van der Waals surface area contributed by atoms with E-state index in [1.807, 2.05) is 54.2 Å². The number of nitrogens with zero attached hydrogens (tertiary/aromatic N) is 6. The van der Waals surface area contributed by atoms with Crippen LogP contribution < -0.4 is 5.32 Å². The summed E-state index contributed by atoms with van der Waals surface area (Å²) in [5.41, 5.74) is 6.14. The standard InChI is InChI=1S/C31H37N7O4S/c1-31(2,3)42-30(39)38-21-12-20(13-22(38)17-40-16-21)34-26-10-9-25(35-36-26)24-8-7-23(28-29(24)43-18-32-28)19-14-33-37(15-19)27-6-4-5-11-41-27/h7-10,14-15,18,20-22,27H,4-6,11-13,16-17H2,1-3H3,(H,34,36). The molecule has 12 heteroatoms. The average Bonchev–Trinajstić information content (AvgIpc) is 3.67. The summed E-state index contributed by atoms with van der Waals surface area (Å²) in [6.07, 6.45) is 8.45. The number of amides is 1. The number of morpholine rings is 1. The van der Waals surface area contributed by atoms with E-state index in [9.17, 15) is 4.79 Å². The Morgan fingerprint density at radius 1 is 1.07 bits per heavy atom. The lowest BCUT2D eigenvalue weighted by Crippen LogP contribution is -2.61. The van der Waals surface area contributed by atoms with Crippen molar-refractivity contribution in [2.24, 2.45) is 0 Å². The third-order valence-corrected chi connectivity index (χ3v) is 9.12. The average molecular weight is 604 g/mol. The van der Waals surface area contributed by atoms with Gasteiger partial charge in [0.15, 0.2) is 0 Å². The highest BCUT2D eigenvalue weighted by Crippen LogP contribution is 2.37. The molecule has 3 saturated heterocycles. The van der Waals surface area contributed by atoms with E-state index >= 15 is 0 Å². The quantitative estimate of drug-likeness (QED) is 0.298. The summed E-state index contributed by atoms with van der Waals surface area (Å²) in [5, 5.41) is 17.3. The number of anilines is 1. The molecule has 226 valence electrons. The van der Waals surface area contributed by atoms with Crippen LogP contribution >= 0.6 is 11.3 Å². The Balaban J connectivity index is 1.05. The number of piperidine rings is 1. The van der Waals surface area contributed by atoms with E-state index in [-0.39, 0.29) is 30.4 Å². The van der Waals surface area contributed by atoms with Crippen molar-refractivity contribution in [2.45, 2.75) is 82.8 Å². The highest BCUT2D eigenvalue weighted by Gasteiger charge is 2.43. The predicted octanol–water partition coefficient (Wildman–Crippen LogP) is 5.89. The number of nitrogens with one attached hydrogen (secondary N) is 1. The molecule has 3 aliphatic rings. The second-order valence-electron chi connectivity index (χ2n) is 12.6. The number of ether oxygens (including phenoxy) is 3. The Bertz CT molecular complexity index is 1580. The minimum absolute atomic E-state index is 0.000516. The first-order chi connectivity index (χ1) is 20.8. The molecular weight excluding hydrogens is 566 g/mol. The molecule has 3 atom stereocenters. The number of rotatable bonds is 5. The van der Waals surface area contributed by atoms with Gasteiger partial charge in [-0.15, -0.1) is 21.5 Å². The van der Waals surface area contributed by atoms with Crippen LogP contribution in [-0.4, -0.2) is 79.5 Å². The second-order valence-corrected chi connectivity index (χ2v) is 13.4. The number of carbonyl (C=O) groups is 1. The summed E-state index contributed by atoms with van der Waals surface area (Å²) in [7, 11) is 0. The molecule has 1 amide bonds. The van der Waals surface area contributed by atoms with Crippen molar-refractivity contribution in [3.05, 3.63) is 42.2 Å². The number of thiazole rings is 1. The Kier molecular flexibility index (Phi) is 7.52. The Hall–Kier alpha value is -3.61. The van der Waals surface area contributed by atoms with Crippen molar-refractivity contribution in [3.63, 3.8) is 0 Å². The number of hydrogen-bond acceptors (Lipinski definition) is 10. The van der Waals surface area contributed by atoms with Gasteiger partial charge in [0, 0.05) is 35.5 Å². The molecule has 4 aromatic rings. The van der Waals surface area contributed by atoms with Gasteiger partial charge in [-0.2, -0.15) is 5.10 Å². The number of benzene rings is 1. The number of hydrogen-bond donors (Lipinski definition) is 1. The smallest absolute Gasteiger partial charge is 0.410 e. The SMILES string of the molecule is CC(C)(C)OC(=O)N1C2COCC1CC(Nc1ccc(-c3ccc(-c4cnn(C5CCCCO5)c4)c4ncsc34)nn1)C2. The molecular formula is C31H37N7O4S. The molecule has 7 rings (SSSR count). The zero-order valence-corrected chi connectivity index (χ0v) is 25.5. The van der Waals surface area contributed by atoms with Crippen molar-refractivity contribution in [2.75, 3.05) is 25.1 Å². The first-order valence-electron chi connectivity index (χ1n) is 15.0. The monoisotopic (exact) mass is 603 g/mol. The van der Waals surface area contributed by atoms with Crippen molar-refractivity contribution in [3.8, 4) is 22.4 Å². The molecule has 0 saturated carbocycles. The van der Waals surface area contributed by atoms with Crippen LogP contribution in [0.2, 0.25) is 0 Å². The fourth-order valence-electron chi connectivity index (χ4n) is 6.36. The molecule has 1 N–H and O–H groups in total. The van der Waals surface area contributed by atoms with E-state index in [0.717, 1.165) is 71.3 Å². The Morgan fingerprint density at radius 3 is 2.60 bits per heavy atom. The van der Waals surface area contributed by atoms with Crippen molar-refractivity contribution < 1.29 is 19.0 Å². The van der Waals surface area contributed by atoms with Crippen LogP contribution in [0.3, 0.4) is 0 Å². The van der Waals surface area contributed by atoms with E-state index in [0.29, 0.717) is 19.0 Å². The largest absolute Gasteiger partial charge is 0.444 e. The van der Waals surface area contributed by atoms with Crippen LogP contribution in [0.25, 0.3) is 32.6 Å². The minimum Gasteiger partial charge on any atom is -0.444 e. The zero-order valence-electron chi connectivity index (χ0n) is 24.7. The molecule has 0 radical (unpaired) electrons. The van der Waals surface area contributed by atoms with Crippen LogP contribution in [0.1, 0.15) is 59.1 Å². The van der Waals surface area contributed by atoms with Gasteiger partial charge in [0.05, 0.1) is 52.9 Å². The Labute approximate surface area is 254 Å². The molecule has 6 heterocycles. The normalized spacial score (nSPS) is 24.2. The van der Waals surface area contributed by atoms with E-state index < -0.39 is 5.60 Å². The molecule has 2 bridgehead atoms. The third-order valence-electron chi connectivity index (χ3n) is 8.26. The van der Waals surface area contributed by atoms with Gasteiger partial charge in [0.25, 0.3) is 0 Å². The number of aromatic nitrogens is 5. The van der Waals surface area contributed by atoms with Gasteiger partial charge in [-0.25, -0.2) is 14.5 Å². The van der Waals surface area contributed by atoms with Gasteiger partial charge in [0.2, 0.25) is 0 Å². The maximum Gasteiger partial charge on any atom is 0.410 e. The van der Waals surface area contributed by atoms with Gasteiger partial charge in [-0.05, 0) is 65.0 Å². The fraction of sp³-hybridized carbons (Fsp3) is 0.516. The minimum atomic E-state index is -0.531. The van der Waals surface area contributed by atoms with Gasteiger partial charge >= 0.3 is 6.09 Å². The maximum atomic E-state index is 12.9. The van der Waals surface area contributed by atoms with E-state index in [2.05, 4.69) is 38.9 Å². The summed E-state index contributed by atoms with van der Waals surface area (Å²) >= 11 is 1.60. The lowest BCUT2D eigenvalue weighted by atomic mass is 9.90. The molecule has 11 nitrogen and oxygen atoms in total. The van der Waals surface area contributed by atoms with Gasteiger partial charge in [-0.3, -0.25) is 4.90 Å². The Morgan fingerprint density at radius 2 is 1.88 bits per heavy atom. The van der Waals surface area contributed by atoms with Crippen molar-refractivity contribution in [1.82, 2.24) is 29.9 Å². The highest BCUT2D eigenvalue weighted by atomic mass is 32.1. The van der Waals surface area contributed by atoms with Gasteiger partial charge in [0.1, 0.15) is 17.6 Å². The van der Waals surface area contributed by atoms with Crippen molar-refractivity contribution in [1.29, 1.82) is 0 Å². The molecule has 1 aromatic carbocycles. The molecule has 0 spiro atoms. The van der Waals surface area contributed by atoms with Crippen LogP contribution in [-0.2, 0) is 14.2 Å². The van der Waals surface area contributed by atoms with Crippen LogP contribution in [0, 0.1) is 0 Å². The fourth-order valence-corrected chi connectivity index (χ4v) is 7.20. The third kappa shape index (κ3) is 5.83. The topological polar surface area (TPSA) is 117 Å². The summed E-state index contributed by atoms with van der Waals surface area (Å²) in [5.74, 6) is 0.716. The highest BCUT2D eigenvalue weighted by molar-refractivity contribution is 7.17. The number of carbonyl (C=O) groups excluding carboxylic acids is 1. The predicted molar refractivity (Wildman–Crippen MR) is 164 cm³/mol. The van der Waals surface area contributed by atoms with E-state index in [1.165, 1.54) is 0 Å². The van der Waals surface area contributed by atoms with Crippen LogP contribution in [0.5, 0.6) is 0 Å². The molecule has 3 unspecified atom stereocenters. The lowest BCUT2D eigenvalue weighted by molar-refractivity contribution is -0.0803. The molecule has 3 aromatic heterocycles. The van der Waals surface area contributed by atoms with Gasteiger partial charge < -0.3 is 19.5 Å².